The summed E-state index contributed by atoms with van der Waals surface area (Å²) in [7, 11) is 0. The lowest BCUT2D eigenvalue weighted by Crippen LogP contribution is -2.27. The average molecular weight is 342 g/mol. The van der Waals surface area contributed by atoms with Gasteiger partial charge in [-0.1, -0.05) is 6.07 Å². The van der Waals surface area contributed by atoms with E-state index >= 15 is 0 Å². The molecule has 0 saturated carbocycles. The number of nitrogens with zero attached hydrogens (tertiary/aromatic N) is 2. The number of anilines is 1. The fraction of sp³-hybridized carbons (Fsp3) is 0.474. The number of aromatic nitrogens is 2. The SMILES string of the molecule is CC(C)(C)OC(=O)Nc1ccc2c(c1)CCC2NCCn1cccn1. The molecule has 1 aliphatic rings. The van der Waals surface area contributed by atoms with Crippen LogP contribution in [0.1, 0.15) is 44.4 Å². The van der Waals surface area contributed by atoms with Crippen LogP contribution in [0.25, 0.3) is 0 Å². The standard InChI is InChI=1S/C19H26N4O2/c1-19(2,3)25-18(24)22-15-6-7-16-14(13-15)5-8-17(16)20-10-12-23-11-4-9-21-23/h4,6-7,9,11,13,17,20H,5,8,10,12H2,1-3H3,(H,22,24). The molecule has 6 nitrogen and oxygen atoms in total. The summed E-state index contributed by atoms with van der Waals surface area (Å²) in [6.45, 7) is 7.30. The summed E-state index contributed by atoms with van der Waals surface area (Å²) in [5.41, 5.74) is 2.88. The number of carbonyl (C=O) groups excluding carboxylic acids is 1. The van der Waals surface area contributed by atoms with E-state index in [1.165, 1.54) is 11.1 Å². The van der Waals surface area contributed by atoms with Gasteiger partial charge < -0.3 is 10.1 Å². The maximum atomic E-state index is 11.9. The molecular formula is C19H26N4O2. The zero-order chi connectivity index (χ0) is 17.9. The smallest absolute Gasteiger partial charge is 0.412 e. The second kappa shape index (κ2) is 7.27. The van der Waals surface area contributed by atoms with E-state index < -0.39 is 11.7 Å². The summed E-state index contributed by atoms with van der Waals surface area (Å²) in [4.78, 5) is 11.9. The second-order valence-electron chi connectivity index (χ2n) is 7.36. The van der Waals surface area contributed by atoms with Gasteiger partial charge in [-0.2, -0.15) is 5.10 Å². The van der Waals surface area contributed by atoms with E-state index in [0.717, 1.165) is 31.6 Å². The first kappa shape index (κ1) is 17.5. The number of amides is 1. The Morgan fingerprint density at radius 1 is 1.40 bits per heavy atom. The van der Waals surface area contributed by atoms with Crippen LogP contribution < -0.4 is 10.6 Å². The number of hydrogen-bond donors (Lipinski definition) is 2. The Morgan fingerprint density at radius 2 is 2.24 bits per heavy atom. The molecule has 1 aromatic heterocycles. The van der Waals surface area contributed by atoms with Gasteiger partial charge >= 0.3 is 6.09 Å². The third-order valence-corrected chi connectivity index (χ3v) is 4.16. The molecule has 6 heteroatoms. The molecule has 2 N–H and O–H groups in total. The minimum Gasteiger partial charge on any atom is -0.444 e. The van der Waals surface area contributed by atoms with Crippen molar-refractivity contribution in [3.05, 3.63) is 47.8 Å². The van der Waals surface area contributed by atoms with Crippen molar-refractivity contribution in [2.45, 2.75) is 51.8 Å². The van der Waals surface area contributed by atoms with Crippen molar-refractivity contribution >= 4 is 11.8 Å². The van der Waals surface area contributed by atoms with Crippen molar-refractivity contribution in [2.75, 3.05) is 11.9 Å². The third kappa shape index (κ3) is 4.82. The van der Waals surface area contributed by atoms with Gasteiger partial charge in [-0.05, 0) is 62.9 Å². The molecule has 1 heterocycles. The van der Waals surface area contributed by atoms with E-state index in [1.54, 1.807) is 6.20 Å². The van der Waals surface area contributed by atoms with Crippen LogP contribution >= 0.6 is 0 Å². The lowest BCUT2D eigenvalue weighted by Gasteiger charge is -2.20. The number of carbonyl (C=O) groups is 1. The van der Waals surface area contributed by atoms with Crippen LogP contribution in [0.4, 0.5) is 10.5 Å². The van der Waals surface area contributed by atoms with Gasteiger partial charge in [0.1, 0.15) is 5.60 Å². The number of benzene rings is 1. The maximum Gasteiger partial charge on any atom is 0.412 e. The van der Waals surface area contributed by atoms with E-state index in [0.29, 0.717) is 6.04 Å². The lowest BCUT2D eigenvalue weighted by molar-refractivity contribution is 0.0636. The van der Waals surface area contributed by atoms with E-state index in [2.05, 4.69) is 27.9 Å². The minimum absolute atomic E-state index is 0.362. The number of rotatable bonds is 5. The van der Waals surface area contributed by atoms with Crippen LogP contribution in [0.5, 0.6) is 0 Å². The highest BCUT2D eigenvalue weighted by atomic mass is 16.6. The van der Waals surface area contributed by atoms with E-state index in [-0.39, 0.29) is 0 Å². The first-order chi connectivity index (χ1) is 11.9. The quantitative estimate of drug-likeness (QED) is 0.872. The molecule has 0 saturated heterocycles. The monoisotopic (exact) mass is 342 g/mol. The molecule has 0 bridgehead atoms. The molecule has 1 aromatic carbocycles. The summed E-state index contributed by atoms with van der Waals surface area (Å²) >= 11 is 0. The summed E-state index contributed by atoms with van der Waals surface area (Å²) < 4.78 is 7.23. The molecule has 0 aliphatic heterocycles. The fourth-order valence-corrected chi connectivity index (χ4v) is 3.11. The van der Waals surface area contributed by atoms with Crippen molar-refractivity contribution in [3.63, 3.8) is 0 Å². The Labute approximate surface area is 148 Å². The molecule has 3 rings (SSSR count). The Bertz CT molecular complexity index is 720. The number of hydrogen-bond acceptors (Lipinski definition) is 4. The molecule has 1 unspecified atom stereocenters. The molecule has 1 atom stereocenters. The first-order valence-corrected chi connectivity index (χ1v) is 8.74. The molecule has 1 aliphatic carbocycles. The van der Waals surface area contributed by atoms with Gasteiger partial charge in [0, 0.05) is 30.7 Å². The molecule has 25 heavy (non-hydrogen) atoms. The van der Waals surface area contributed by atoms with Crippen molar-refractivity contribution in [2.24, 2.45) is 0 Å². The van der Waals surface area contributed by atoms with Gasteiger partial charge in [-0.15, -0.1) is 0 Å². The van der Waals surface area contributed by atoms with Gasteiger partial charge in [0.2, 0.25) is 0 Å². The largest absolute Gasteiger partial charge is 0.444 e. The minimum atomic E-state index is -0.496. The zero-order valence-corrected chi connectivity index (χ0v) is 15.1. The lowest BCUT2D eigenvalue weighted by atomic mass is 10.1. The number of fused-ring (bicyclic) bond motifs is 1. The fourth-order valence-electron chi connectivity index (χ4n) is 3.11. The Morgan fingerprint density at radius 3 is 2.96 bits per heavy atom. The van der Waals surface area contributed by atoms with Gasteiger partial charge in [-0.25, -0.2) is 4.79 Å². The second-order valence-corrected chi connectivity index (χ2v) is 7.36. The van der Waals surface area contributed by atoms with Crippen molar-refractivity contribution in [1.29, 1.82) is 0 Å². The molecule has 0 radical (unpaired) electrons. The Hall–Kier alpha value is -2.34. The predicted octanol–water partition coefficient (Wildman–Crippen LogP) is 3.51. The molecule has 1 amide bonds. The maximum absolute atomic E-state index is 11.9. The highest BCUT2D eigenvalue weighted by Crippen LogP contribution is 2.33. The normalized spacial score (nSPS) is 16.5. The number of ether oxygens (including phenoxy) is 1. The summed E-state index contributed by atoms with van der Waals surface area (Å²) in [6.07, 6.45) is 5.44. The van der Waals surface area contributed by atoms with Crippen molar-refractivity contribution in [1.82, 2.24) is 15.1 Å². The van der Waals surface area contributed by atoms with Crippen molar-refractivity contribution < 1.29 is 9.53 Å². The predicted molar refractivity (Wildman–Crippen MR) is 97.6 cm³/mol. The number of nitrogens with one attached hydrogen (secondary N) is 2. The topological polar surface area (TPSA) is 68.2 Å². The van der Waals surface area contributed by atoms with Gasteiger partial charge in [0.25, 0.3) is 0 Å². The van der Waals surface area contributed by atoms with Gasteiger partial charge in [0.15, 0.2) is 0 Å². The molecule has 0 spiro atoms. The molecular weight excluding hydrogens is 316 g/mol. The zero-order valence-electron chi connectivity index (χ0n) is 15.1. The highest BCUT2D eigenvalue weighted by molar-refractivity contribution is 5.85. The van der Waals surface area contributed by atoms with Crippen LogP contribution in [0, 0.1) is 0 Å². The van der Waals surface area contributed by atoms with Gasteiger partial charge in [0.05, 0.1) is 6.54 Å². The molecule has 2 aromatic rings. The van der Waals surface area contributed by atoms with Crippen LogP contribution in [-0.2, 0) is 17.7 Å². The number of aryl methyl sites for hydroxylation is 1. The first-order valence-electron chi connectivity index (χ1n) is 8.74. The third-order valence-electron chi connectivity index (χ3n) is 4.16. The molecule has 134 valence electrons. The summed E-state index contributed by atoms with van der Waals surface area (Å²) in [5.74, 6) is 0. The van der Waals surface area contributed by atoms with Crippen molar-refractivity contribution in [3.8, 4) is 0 Å². The Kier molecular flexibility index (Phi) is 5.08. The van der Waals surface area contributed by atoms with Gasteiger partial charge in [-0.3, -0.25) is 10.00 Å². The van der Waals surface area contributed by atoms with Crippen LogP contribution in [0.15, 0.2) is 36.7 Å². The van der Waals surface area contributed by atoms with E-state index in [9.17, 15) is 4.79 Å². The van der Waals surface area contributed by atoms with Crippen LogP contribution in [0.2, 0.25) is 0 Å². The van der Waals surface area contributed by atoms with Crippen LogP contribution in [0.3, 0.4) is 0 Å². The Balaban J connectivity index is 1.55. The average Bonchev–Trinajstić information content (AvgIpc) is 3.15. The highest BCUT2D eigenvalue weighted by Gasteiger charge is 2.23. The molecule has 0 fully saturated rings. The summed E-state index contributed by atoms with van der Waals surface area (Å²) in [6, 6.07) is 8.39. The summed E-state index contributed by atoms with van der Waals surface area (Å²) in [5, 5.41) is 10.6. The van der Waals surface area contributed by atoms with E-state index in [1.807, 2.05) is 43.8 Å². The van der Waals surface area contributed by atoms with Crippen LogP contribution in [-0.4, -0.2) is 28.0 Å². The van der Waals surface area contributed by atoms with E-state index in [4.69, 9.17) is 4.74 Å².